The number of hydrogen-bond acceptors (Lipinski definition) is 4. The van der Waals surface area contributed by atoms with E-state index in [0.29, 0.717) is 18.0 Å². The molecule has 1 saturated heterocycles. The summed E-state index contributed by atoms with van der Waals surface area (Å²) >= 11 is 0. The van der Waals surface area contributed by atoms with Crippen molar-refractivity contribution >= 4 is 17.7 Å². The van der Waals surface area contributed by atoms with E-state index in [1.54, 1.807) is 36.1 Å². The molecule has 2 rings (SSSR count). The first-order valence-corrected chi connectivity index (χ1v) is 7.13. The second kappa shape index (κ2) is 7.52. The fourth-order valence-electron chi connectivity index (χ4n) is 2.15. The fourth-order valence-corrected chi connectivity index (χ4v) is 2.15. The van der Waals surface area contributed by atoms with E-state index < -0.39 is 6.09 Å². The molecule has 1 fully saturated rings. The van der Waals surface area contributed by atoms with Gasteiger partial charge in [-0.25, -0.2) is 4.79 Å². The summed E-state index contributed by atoms with van der Waals surface area (Å²) in [6, 6.07) is 6.88. The van der Waals surface area contributed by atoms with Gasteiger partial charge >= 0.3 is 6.09 Å². The van der Waals surface area contributed by atoms with Gasteiger partial charge in [-0.2, -0.15) is 0 Å². The van der Waals surface area contributed by atoms with Crippen LogP contribution in [0.2, 0.25) is 0 Å². The summed E-state index contributed by atoms with van der Waals surface area (Å²) < 4.78 is 10.3. The molecule has 0 aliphatic carbocycles. The molecular formula is C15H20N2O4. The minimum absolute atomic E-state index is 0.00347. The molecule has 0 spiro atoms. The average molecular weight is 292 g/mol. The summed E-state index contributed by atoms with van der Waals surface area (Å²) in [5.41, 5.74) is 0.569. The van der Waals surface area contributed by atoms with Crippen LogP contribution in [0.25, 0.3) is 0 Å². The molecule has 0 unspecified atom stereocenters. The van der Waals surface area contributed by atoms with Crippen LogP contribution < -0.4 is 10.1 Å². The number of nitrogens with zero attached hydrogens (tertiary/aromatic N) is 1. The maximum Gasteiger partial charge on any atom is 0.411 e. The van der Waals surface area contributed by atoms with Gasteiger partial charge in [0, 0.05) is 24.8 Å². The fraction of sp³-hybridized carbons (Fsp3) is 0.467. The number of benzene rings is 1. The van der Waals surface area contributed by atoms with E-state index in [9.17, 15) is 9.59 Å². The van der Waals surface area contributed by atoms with Crippen molar-refractivity contribution in [2.45, 2.75) is 19.8 Å². The van der Waals surface area contributed by atoms with Gasteiger partial charge in [-0.1, -0.05) is 6.07 Å². The Labute approximate surface area is 124 Å². The van der Waals surface area contributed by atoms with E-state index in [-0.39, 0.29) is 12.5 Å². The number of hydrogen-bond donors (Lipinski definition) is 1. The van der Waals surface area contributed by atoms with Gasteiger partial charge in [0.15, 0.2) is 6.61 Å². The highest BCUT2D eigenvalue weighted by Crippen LogP contribution is 2.18. The summed E-state index contributed by atoms with van der Waals surface area (Å²) in [6.07, 6.45) is 1.61. The summed E-state index contributed by atoms with van der Waals surface area (Å²) in [7, 11) is 0. The molecule has 0 radical (unpaired) electrons. The zero-order chi connectivity index (χ0) is 15.1. The second-order valence-corrected chi connectivity index (χ2v) is 4.75. The molecule has 1 aliphatic rings. The monoisotopic (exact) mass is 292 g/mol. The Morgan fingerprint density at radius 1 is 1.29 bits per heavy atom. The van der Waals surface area contributed by atoms with E-state index in [0.717, 1.165) is 25.9 Å². The van der Waals surface area contributed by atoms with E-state index in [1.165, 1.54) is 0 Å². The lowest BCUT2D eigenvalue weighted by molar-refractivity contribution is -0.132. The van der Waals surface area contributed by atoms with Crippen molar-refractivity contribution < 1.29 is 19.1 Å². The van der Waals surface area contributed by atoms with Gasteiger partial charge in [-0.05, 0) is 31.9 Å². The van der Waals surface area contributed by atoms with E-state index in [1.807, 2.05) is 0 Å². The first kappa shape index (κ1) is 15.2. The zero-order valence-electron chi connectivity index (χ0n) is 12.1. The van der Waals surface area contributed by atoms with E-state index in [2.05, 4.69) is 5.32 Å². The molecule has 0 bridgehead atoms. The summed E-state index contributed by atoms with van der Waals surface area (Å²) in [6.45, 7) is 3.69. The summed E-state index contributed by atoms with van der Waals surface area (Å²) in [5.74, 6) is 0.535. The molecule has 1 aliphatic heterocycles. The lowest BCUT2D eigenvalue weighted by Crippen LogP contribution is -2.32. The number of likely N-dealkylation sites (tertiary alicyclic amines) is 1. The van der Waals surface area contributed by atoms with Gasteiger partial charge in [-0.3, -0.25) is 10.1 Å². The van der Waals surface area contributed by atoms with E-state index in [4.69, 9.17) is 9.47 Å². The number of ether oxygens (including phenoxy) is 2. The number of anilines is 1. The number of carbonyl (C=O) groups is 2. The minimum atomic E-state index is -0.511. The Morgan fingerprint density at radius 3 is 2.76 bits per heavy atom. The van der Waals surface area contributed by atoms with Crippen LogP contribution in [0, 0.1) is 0 Å². The molecule has 1 aromatic carbocycles. The van der Waals surface area contributed by atoms with Crippen molar-refractivity contribution in [1.82, 2.24) is 4.90 Å². The average Bonchev–Trinajstić information content (AvgIpc) is 2.99. The first-order chi connectivity index (χ1) is 10.2. The lowest BCUT2D eigenvalue weighted by Gasteiger charge is -2.15. The van der Waals surface area contributed by atoms with Crippen molar-refractivity contribution in [2.24, 2.45) is 0 Å². The Morgan fingerprint density at radius 2 is 2.05 bits per heavy atom. The van der Waals surface area contributed by atoms with Crippen LogP contribution in [0.3, 0.4) is 0 Å². The Kier molecular flexibility index (Phi) is 5.43. The van der Waals surface area contributed by atoms with Crippen molar-refractivity contribution in [3.05, 3.63) is 24.3 Å². The normalized spacial score (nSPS) is 13.9. The van der Waals surface area contributed by atoms with Gasteiger partial charge in [0.2, 0.25) is 0 Å². The lowest BCUT2D eigenvalue weighted by atomic mass is 10.3. The predicted octanol–water partition coefficient (Wildman–Crippen LogP) is 2.26. The number of rotatable bonds is 5. The van der Waals surface area contributed by atoms with Crippen LogP contribution in [0.1, 0.15) is 19.8 Å². The van der Waals surface area contributed by atoms with Gasteiger partial charge in [0.25, 0.3) is 5.91 Å². The van der Waals surface area contributed by atoms with Crippen molar-refractivity contribution in [2.75, 3.05) is 31.6 Å². The maximum absolute atomic E-state index is 11.9. The predicted molar refractivity (Wildman–Crippen MR) is 78.4 cm³/mol. The Bertz CT molecular complexity index is 498. The van der Waals surface area contributed by atoms with Crippen molar-refractivity contribution in [3.8, 4) is 5.75 Å². The highest BCUT2D eigenvalue weighted by molar-refractivity contribution is 5.84. The number of amides is 2. The Balaban J connectivity index is 1.85. The Hall–Kier alpha value is -2.24. The molecule has 6 nitrogen and oxygen atoms in total. The molecule has 1 N–H and O–H groups in total. The molecule has 0 saturated carbocycles. The molecule has 1 aromatic rings. The van der Waals surface area contributed by atoms with Crippen LogP contribution in [0.5, 0.6) is 5.75 Å². The van der Waals surface area contributed by atoms with Crippen molar-refractivity contribution in [1.29, 1.82) is 0 Å². The minimum Gasteiger partial charge on any atom is -0.484 e. The zero-order valence-corrected chi connectivity index (χ0v) is 12.1. The molecule has 0 atom stereocenters. The summed E-state index contributed by atoms with van der Waals surface area (Å²) in [4.78, 5) is 25.0. The van der Waals surface area contributed by atoms with Crippen molar-refractivity contribution in [3.63, 3.8) is 0 Å². The van der Waals surface area contributed by atoms with Gasteiger partial charge in [-0.15, -0.1) is 0 Å². The van der Waals surface area contributed by atoms with Crippen LogP contribution in [0.15, 0.2) is 24.3 Å². The third-order valence-corrected chi connectivity index (χ3v) is 3.18. The van der Waals surface area contributed by atoms with E-state index >= 15 is 0 Å². The molecule has 6 heteroatoms. The molecular weight excluding hydrogens is 272 g/mol. The molecule has 2 amide bonds. The molecule has 1 heterocycles. The van der Waals surface area contributed by atoms with Crippen LogP contribution >= 0.6 is 0 Å². The maximum atomic E-state index is 11.9. The SMILES string of the molecule is CCOC(=O)Nc1cccc(OCC(=O)N2CCCC2)c1. The quantitative estimate of drug-likeness (QED) is 0.904. The highest BCUT2D eigenvalue weighted by Gasteiger charge is 2.18. The molecule has 114 valence electrons. The number of nitrogens with one attached hydrogen (secondary N) is 1. The van der Waals surface area contributed by atoms with Crippen LogP contribution in [-0.4, -0.2) is 43.2 Å². The number of carbonyl (C=O) groups excluding carboxylic acids is 2. The second-order valence-electron chi connectivity index (χ2n) is 4.75. The molecule has 21 heavy (non-hydrogen) atoms. The van der Waals surface area contributed by atoms with Gasteiger partial charge in [0.1, 0.15) is 5.75 Å². The smallest absolute Gasteiger partial charge is 0.411 e. The van der Waals surface area contributed by atoms with Crippen LogP contribution in [-0.2, 0) is 9.53 Å². The van der Waals surface area contributed by atoms with Gasteiger partial charge < -0.3 is 14.4 Å². The third kappa shape index (κ3) is 4.66. The summed E-state index contributed by atoms with van der Waals surface area (Å²) in [5, 5.41) is 2.59. The molecule has 0 aromatic heterocycles. The standard InChI is InChI=1S/C15H20N2O4/c1-2-20-15(19)16-12-6-5-7-13(10-12)21-11-14(18)17-8-3-4-9-17/h5-7,10H,2-4,8-9,11H2,1H3,(H,16,19). The van der Waals surface area contributed by atoms with Crippen LogP contribution in [0.4, 0.5) is 10.5 Å². The topological polar surface area (TPSA) is 67.9 Å². The van der Waals surface area contributed by atoms with Gasteiger partial charge in [0.05, 0.1) is 6.61 Å². The highest BCUT2D eigenvalue weighted by atomic mass is 16.5. The third-order valence-electron chi connectivity index (χ3n) is 3.18. The largest absolute Gasteiger partial charge is 0.484 e. The first-order valence-electron chi connectivity index (χ1n) is 7.13.